The molecule has 0 aliphatic carbocycles. The van der Waals surface area contributed by atoms with Crippen LogP contribution in [0.1, 0.15) is 21.7 Å². The number of methoxy groups -OCH3 is 1. The van der Waals surface area contributed by atoms with E-state index < -0.39 is 5.82 Å². The number of nitrogens with one attached hydrogen (secondary N) is 1. The number of benzene rings is 3. The monoisotopic (exact) mass is 457 g/mol. The fraction of sp³-hybridized carbons (Fsp3) is 0.120. The maximum Gasteiger partial charge on any atom is 0.267 e. The summed E-state index contributed by atoms with van der Waals surface area (Å²) in [6, 6.07) is 17.9. The molecule has 3 aromatic carbocycles. The van der Waals surface area contributed by atoms with Gasteiger partial charge in [-0.3, -0.25) is 14.0 Å². The van der Waals surface area contributed by atoms with Gasteiger partial charge in [-0.15, -0.1) is 10.2 Å². The Bertz CT molecular complexity index is 1620. The molecule has 0 fully saturated rings. The first-order chi connectivity index (χ1) is 16.5. The van der Waals surface area contributed by atoms with E-state index in [1.54, 1.807) is 42.7 Å². The minimum atomic E-state index is -0.471. The summed E-state index contributed by atoms with van der Waals surface area (Å²) in [7, 11) is 1.58. The number of hydrogen-bond acceptors (Lipinski definition) is 5. The van der Waals surface area contributed by atoms with Crippen LogP contribution in [0.15, 0.2) is 71.5 Å². The van der Waals surface area contributed by atoms with Gasteiger partial charge in [-0.1, -0.05) is 24.3 Å². The number of hydrogen-bond donors (Lipinski definition) is 1. The van der Waals surface area contributed by atoms with E-state index >= 15 is 0 Å². The lowest BCUT2D eigenvalue weighted by Gasteiger charge is -2.13. The number of fused-ring (bicyclic) bond motifs is 3. The van der Waals surface area contributed by atoms with Crippen molar-refractivity contribution >= 4 is 22.6 Å². The highest BCUT2D eigenvalue weighted by atomic mass is 19.1. The van der Waals surface area contributed by atoms with Crippen molar-refractivity contribution in [1.82, 2.24) is 24.5 Å². The molecule has 5 aromatic rings. The highest BCUT2D eigenvalue weighted by Crippen LogP contribution is 2.20. The second-order valence-corrected chi connectivity index (χ2v) is 7.73. The Morgan fingerprint density at radius 3 is 2.68 bits per heavy atom. The lowest BCUT2D eigenvalue weighted by atomic mass is 10.1. The third-order valence-corrected chi connectivity index (χ3v) is 5.64. The molecule has 0 spiro atoms. The van der Waals surface area contributed by atoms with Gasteiger partial charge in [-0.05, 0) is 49.4 Å². The van der Waals surface area contributed by atoms with Crippen molar-refractivity contribution in [3.63, 3.8) is 0 Å². The Labute approximate surface area is 193 Å². The molecule has 5 rings (SSSR count). The fourth-order valence-corrected chi connectivity index (χ4v) is 4.00. The van der Waals surface area contributed by atoms with Gasteiger partial charge >= 0.3 is 0 Å². The van der Waals surface area contributed by atoms with E-state index in [0.29, 0.717) is 33.7 Å². The van der Waals surface area contributed by atoms with Crippen LogP contribution in [0.4, 0.5) is 4.39 Å². The Morgan fingerprint density at radius 1 is 1.06 bits per heavy atom. The third kappa shape index (κ3) is 3.57. The van der Waals surface area contributed by atoms with E-state index in [4.69, 9.17) is 4.74 Å². The van der Waals surface area contributed by atoms with Gasteiger partial charge in [0.1, 0.15) is 17.4 Å². The number of amides is 1. The van der Waals surface area contributed by atoms with Gasteiger partial charge in [0.25, 0.3) is 11.5 Å². The molecule has 2 heterocycles. The number of rotatable bonds is 5. The van der Waals surface area contributed by atoms with E-state index in [9.17, 15) is 14.0 Å². The van der Waals surface area contributed by atoms with Crippen molar-refractivity contribution in [2.24, 2.45) is 0 Å². The predicted molar refractivity (Wildman–Crippen MR) is 125 cm³/mol. The minimum absolute atomic E-state index is 0.229. The Kier molecular flexibility index (Phi) is 5.29. The summed E-state index contributed by atoms with van der Waals surface area (Å²) < 4.78 is 22.2. The van der Waals surface area contributed by atoms with Gasteiger partial charge in [0.05, 0.1) is 23.7 Å². The van der Waals surface area contributed by atoms with E-state index in [-0.39, 0.29) is 23.8 Å². The zero-order valence-electron chi connectivity index (χ0n) is 18.4. The first-order valence-corrected chi connectivity index (χ1v) is 10.5. The quantitative estimate of drug-likeness (QED) is 0.437. The number of halogens is 1. The van der Waals surface area contributed by atoms with Crippen LogP contribution < -0.4 is 15.6 Å². The summed E-state index contributed by atoms with van der Waals surface area (Å²) in [4.78, 5) is 26.3. The zero-order valence-corrected chi connectivity index (χ0v) is 18.4. The molecule has 0 saturated carbocycles. The summed E-state index contributed by atoms with van der Waals surface area (Å²) >= 11 is 0. The van der Waals surface area contributed by atoms with Crippen molar-refractivity contribution in [2.75, 3.05) is 7.11 Å². The van der Waals surface area contributed by atoms with Crippen molar-refractivity contribution in [3.05, 3.63) is 99.9 Å². The summed E-state index contributed by atoms with van der Waals surface area (Å²) in [6.07, 6.45) is 0. The lowest BCUT2D eigenvalue weighted by Crippen LogP contribution is -2.24. The van der Waals surface area contributed by atoms with E-state index in [0.717, 1.165) is 5.56 Å². The average molecular weight is 457 g/mol. The molecule has 0 aliphatic rings. The maximum absolute atomic E-state index is 13.9. The molecule has 170 valence electrons. The largest absolute Gasteiger partial charge is 0.496 e. The van der Waals surface area contributed by atoms with Gasteiger partial charge < -0.3 is 10.1 Å². The van der Waals surface area contributed by atoms with Crippen LogP contribution in [-0.4, -0.2) is 32.2 Å². The third-order valence-electron chi connectivity index (χ3n) is 5.64. The molecule has 0 radical (unpaired) electrons. The lowest BCUT2D eigenvalue weighted by molar-refractivity contribution is 0.0951. The summed E-state index contributed by atoms with van der Waals surface area (Å²) in [5, 5.41) is 11.5. The van der Waals surface area contributed by atoms with Crippen molar-refractivity contribution < 1.29 is 13.9 Å². The first kappa shape index (κ1) is 21.3. The highest BCUT2D eigenvalue weighted by Gasteiger charge is 2.18. The van der Waals surface area contributed by atoms with Gasteiger partial charge in [0, 0.05) is 17.7 Å². The smallest absolute Gasteiger partial charge is 0.267 e. The molecule has 34 heavy (non-hydrogen) atoms. The van der Waals surface area contributed by atoms with Crippen LogP contribution in [0.3, 0.4) is 0 Å². The molecular weight excluding hydrogens is 437 g/mol. The van der Waals surface area contributed by atoms with E-state index in [1.165, 1.54) is 22.8 Å². The number of para-hydroxylation sites is 1. The number of carbonyl (C=O) groups excluding carboxylic acids is 1. The zero-order chi connectivity index (χ0) is 23.8. The first-order valence-electron chi connectivity index (χ1n) is 10.5. The normalized spacial score (nSPS) is 11.1. The Hall–Kier alpha value is -4.53. The summed E-state index contributed by atoms with van der Waals surface area (Å²) in [6.45, 7) is 2.03. The van der Waals surface area contributed by atoms with Crippen LogP contribution in [0, 0.1) is 12.7 Å². The molecule has 0 bridgehead atoms. The number of nitrogens with zero attached hydrogens (tertiary/aromatic N) is 4. The Morgan fingerprint density at radius 2 is 1.88 bits per heavy atom. The van der Waals surface area contributed by atoms with Crippen LogP contribution in [-0.2, 0) is 6.54 Å². The number of aryl methyl sites for hydroxylation is 1. The SMILES string of the molecule is COc1ccccc1CNC(=O)c1ccc2c(=O)n(-c3cccc(F)c3)c3nnc(C)n3c2c1. The molecule has 0 aliphatic heterocycles. The van der Waals surface area contributed by atoms with Crippen molar-refractivity contribution in [3.8, 4) is 11.4 Å². The Balaban J connectivity index is 1.59. The number of aromatic nitrogens is 4. The number of ether oxygens (including phenoxy) is 1. The van der Waals surface area contributed by atoms with Gasteiger partial charge in [-0.2, -0.15) is 0 Å². The van der Waals surface area contributed by atoms with Crippen LogP contribution in [0.5, 0.6) is 5.75 Å². The van der Waals surface area contributed by atoms with Crippen molar-refractivity contribution in [1.29, 1.82) is 0 Å². The van der Waals surface area contributed by atoms with E-state index in [2.05, 4.69) is 15.5 Å². The standard InChI is InChI=1S/C25H20FN5O3/c1-15-28-29-25-30(15)21-12-16(23(32)27-14-17-6-3-4-9-22(17)34-2)10-11-20(21)24(33)31(25)19-8-5-7-18(26)13-19/h3-13H,14H2,1-2H3,(H,27,32). The topological polar surface area (TPSA) is 90.5 Å². The van der Waals surface area contributed by atoms with Crippen molar-refractivity contribution in [2.45, 2.75) is 13.5 Å². The fourth-order valence-electron chi connectivity index (χ4n) is 4.00. The molecule has 1 amide bonds. The molecule has 0 atom stereocenters. The maximum atomic E-state index is 13.9. The second kappa shape index (κ2) is 8.43. The molecule has 1 N–H and O–H groups in total. The second-order valence-electron chi connectivity index (χ2n) is 7.73. The molecular formula is C25H20FN5O3. The minimum Gasteiger partial charge on any atom is -0.496 e. The average Bonchev–Trinajstić information content (AvgIpc) is 3.23. The van der Waals surface area contributed by atoms with E-state index in [1.807, 2.05) is 24.3 Å². The van der Waals surface area contributed by atoms with Gasteiger partial charge in [0.2, 0.25) is 5.78 Å². The van der Waals surface area contributed by atoms with Crippen LogP contribution >= 0.6 is 0 Å². The van der Waals surface area contributed by atoms with Crippen LogP contribution in [0.2, 0.25) is 0 Å². The van der Waals surface area contributed by atoms with Crippen LogP contribution in [0.25, 0.3) is 22.4 Å². The van der Waals surface area contributed by atoms with Gasteiger partial charge in [-0.25, -0.2) is 8.96 Å². The van der Waals surface area contributed by atoms with Gasteiger partial charge in [0.15, 0.2) is 0 Å². The summed E-state index contributed by atoms with van der Waals surface area (Å²) in [5.74, 6) is 0.659. The summed E-state index contributed by atoms with van der Waals surface area (Å²) in [5.41, 5.74) is 1.65. The highest BCUT2D eigenvalue weighted by molar-refractivity contribution is 5.98. The molecule has 2 aromatic heterocycles. The molecule has 8 nitrogen and oxygen atoms in total. The predicted octanol–water partition coefficient (Wildman–Crippen LogP) is 3.42. The molecule has 0 saturated heterocycles. The molecule has 9 heteroatoms. The number of carbonyl (C=O) groups is 1. The molecule has 0 unspecified atom stereocenters.